The van der Waals surface area contributed by atoms with Crippen LogP contribution in [-0.2, 0) is 9.53 Å². The van der Waals surface area contributed by atoms with E-state index in [4.69, 9.17) is 9.72 Å². The Morgan fingerprint density at radius 2 is 1.79 bits per heavy atom. The van der Waals surface area contributed by atoms with Crippen molar-refractivity contribution in [2.45, 2.75) is 18.9 Å². The lowest BCUT2D eigenvalue weighted by Crippen LogP contribution is -2.38. The Morgan fingerprint density at radius 1 is 1.10 bits per heavy atom. The number of aromatic carboxylic acids is 1. The van der Waals surface area contributed by atoms with E-state index in [9.17, 15) is 14.7 Å². The Hall–Kier alpha value is -3.12. The van der Waals surface area contributed by atoms with E-state index in [2.05, 4.69) is 0 Å². The maximum Gasteiger partial charge on any atom is 0.338 e. The zero-order chi connectivity index (χ0) is 19.7. The van der Waals surface area contributed by atoms with E-state index in [1.54, 1.807) is 18.2 Å². The van der Waals surface area contributed by atoms with Crippen molar-refractivity contribution in [3.05, 3.63) is 60.2 Å². The molecule has 7 heteroatoms. The summed E-state index contributed by atoms with van der Waals surface area (Å²) in [6.45, 7) is 0.569. The number of nitrogens with zero attached hydrogens (tertiary/aromatic N) is 2. The van der Waals surface area contributed by atoms with E-state index in [1.165, 1.54) is 7.11 Å². The third kappa shape index (κ3) is 3.63. The first-order valence-corrected chi connectivity index (χ1v) is 9.17. The lowest BCUT2D eigenvalue weighted by molar-refractivity contribution is -0.141. The molecule has 1 atom stereocenters. The van der Waals surface area contributed by atoms with Gasteiger partial charge in [-0.05, 0) is 18.9 Å². The lowest BCUT2D eigenvalue weighted by Gasteiger charge is -2.29. The minimum absolute atomic E-state index is 0. The van der Waals surface area contributed by atoms with Crippen LogP contribution in [0.1, 0.15) is 23.2 Å². The highest BCUT2D eigenvalue weighted by Crippen LogP contribution is 2.40. The number of ether oxygens (including phenoxy) is 1. The number of para-hydroxylation sites is 1. The number of pyridine rings is 1. The van der Waals surface area contributed by atoms with Crippen LogP contribution in [-0.4, -0.2) is 41.7 Å². The molecule has 1 N–H and O–H groups in total. The molecule has 1 aliphatic rings. The Balaban J connectivity index is 0.00000240. The molecule has 0 saturated carbocycles. The molecule has 150 valence electrons. The Kier molecular flexibility index (Phi) is 6.03. The molecule has 1 saturated heterocycles. The molecule has 0 unspecified atom stereocenters. The van der Waals surface area contributed by atoms with Gasteiger partial charge in [-0.15, -0.1) is 12.4 Å². The molecule has 0 aliphatic carbocycles. The topological polar surface area (TPSA) is 79.7 Å². The van der Waals surface area contributed by atoms with Crippen molar-refractivity contribution >= 4 is 40.9 Å². The molecule has 0 bridgehead atoms. The number of halogens is 1. The molecule has 29 heavy (non-hydrogen) atoms. The third-order valence-corrected chi connectivity index (χ3v) is 5.14. The molecule has 1 aliphatic heterocycles. The van der Waals surface area contributed by atoms with Gasteiger partial charge < -0.3 is 14.7 Å². The fourth-order valence-corrected chi connectivity index (χ4v) is 3.91. The molecule has 1 aromatic heterocycles. The molecule has 4 rings (SSSR count). The summed E-state index contributed by atoms with van der Waals surface area (Å²) in [4.78, 5) is 31.3. The molecule has 0 amide bonds. The zero-order valence-electron chi connectivity index (χ0n) is 15.9. The van der Waals surface area contributed by atoms with Gasteiger partial charge in [-0.1, -0.05) is 48.5 Å². The molecule has 1 fully saturated rings. The monoisotopic (exact) mass is 412 g/mol. The second kappa shape index (κ2) is 8.49. The molecular weight excluding hydrogens is 392 g/mol. The summed E-state index contributed by atoms with van der Waals surface area (Å²) in [5.41, 5.74) is 2.62. The number of carboxylic acids is 1. The van der Waals surface area contributed by atoms with E-state index in [0.29, 0.717) is 35.2 Å². The second-order valence-corrected chi connectivity index (χ2v) is 6.75. The van der Waals surface area contributed by atoms with Gasteiger partial charge in [0.2, 0.25) is 0 Å². The number of hydrogen-bond acceptors (Lipinski definition) is 5. The van der Waals surface area contributed by atoms with Gasteiger partial charge in [-0.2, -0.15) is 0 Å². The number of fused-ring (bicyclic) bond motifs is 1. The van der Waals surface area contributed by atoms with Crippen LogP contribution in [0.4, 0.5) is 5.69 Å². The Bertz CT molecular complexity index is 1060. The fourth-order valence-electron chi connectivity index (χ4n) is 3.91. The third-order valence-electron chi connectivity index (χ3n) is 5.14. The Morgan fingerprint density at radius 3 is 2.48 bits per heavy atom. The summed E-state index contributed by atoms with van der Waals surface area (Å²) in [5.74, 6) is -1.40. The number of methoxy groups -OCH3 is 1. The lowest BCUT2D eigenvalue weighted by atomic mass is 9.99. The second-order valence-electron chi connectivity index (χ2n) is 6.75. The maximum absolute atomic E-state index is 12.4. The van der Waals surface area contributed by atoms with Crippen molar-refractivity contribution in [3.63, 3.8) is 0 Å². The zero-order valence-corrected chi connectivity index (χ0v) is 16.7. The highest BCUT2D eigenvalue weighted by atomic mass is 35.5. The van der Waals surface area contributed by atoms with Crippen LogP contribution >= 0.6 is 12.4 Å². The first kappa shape index (κ1) is 20.6. The minimum Gasteiger partial charge on any atom is -0.478 e. The number of carbonyl (C=O) groups is 2. The van der Waals surface area contributed by atoms with Crippen LogP contribution in [0.25, 0.3) is 22.2 Å². The number of hydrogen-bond donors (Lipinski definition) is 1. The summed E-state index contributed by atoms with van der Waals surface area (Å²) in [5, 5.41) is 10.7. The van der Waals surface area contributed by atoms with Gasteiger partial charge in [0.05, 0.1) is 29.6 Å². The molecular formula is C22H21ClN2O4. The van der Waals surface area contributed by atoms with E-state index in [-0.39, 0.29) is 23.9 Å². The van der Waals surface area contributed by atoms with Gasteiger partial charge in [0.15, 0.2) is 0 Å². The van der Waals surface area contributed by atoms with E-state index >= 15 is 0 Å². The van der Waals surface area contributed by atoms with Gasteiger partial charge in [0.25, 0.3) is 0 Å². The predicted molar refractivity (Wildman–Crippen MR) is 114 cm³/mol. The fraction of sp³-hybridized carbons (Fsp3) is 0.227. The van der Waals surface area contributed by atoms with Gasteiger partial charge in [-0.25, -0.2) is 14.6 Å². The van der Waals surface area contributed by atoms with E-state index in [0.717, 1.165) is 12.0 Å². The number of benzene rings is 2. The van der Waals surface area contributed by atoms with Crippen LogP contribution in [0.3, 0.4) is 0 Å². The number of carbonyl (C=O) groups excluding carboxylic acids is 1. The van der Waals surface area contributed by atoms with Crippen LogP contribution in [0.5, 0.6) is 0 Å². The average molecular weight is 413 g/mol. The SMILES string of the molecule is COC(=O)[C@@H]1CCCN1c1c(-c2ccccc2)nc2ccccc2c1C(=O)O.Cl. The summed E-state index contributed by atoms with van der Waals surface area (Å²) in [6, 6.07) is 16.1. The van der Waals surface area contributed by atoms with Gasteiger partial charge in [0, 0.05) is 17.5 Å². The molecule has 0 spiro atoms. The van der Waals surface area contributed by atoms with Crippen molar-refractivity contribution in [1.82, 2.24) is 4.98 Å². The number of anilines is 1. The smallest absolute Gasteiger partial charge is 0.338 e. The van der Waals surface area contributed by atoms with Crippen molar-refractivity contribution in [3.8, 4) is 11.3 Å². The maximum atomic E-state index is 12.4. The van der Waals surface area contributed by atoms with Crippen LogP contribution in [0.2, 0.25) is 0 Å². The highest BCUT2D eigenvalue weighted by Gasteiger charge is 2.36. The van der Waals surface area contributed by atoms with Crippen molar-refractivity contribution in [2.24, 2.45) is 0 Å². The number of rotatable bonds is 4. The minimum atomic E-state index is -1.04. The highest BCUT2D eigenvalue weighted by molar-refractivity contribution is 6.11. The van der Waals surface area contributed by atoms with Crippen LogP contribution < -0.4 is 4.90 Å². The van der Waals surface area contributed by atoms with Crippen molar-refractivity contribution < 1.29 is 19.4 Å². The molecule has 0 radical (unpaired) electrons. The molecule has 2 aromatic carbocycles. The average Bonchev–Trinajstić information content (AvgIpc) is 3.21. The Labute approximate surface area is 174 Å². The normalized spacial score (nSPS) is 15.8. The number of aromatic nitrogens is 1. The molecule has 2 heterocycles. The number of carboxylic acid groups (broad SMARTS) is 1. The summed E-state index contributed by atoms with van der Waals surface area (Å²) in [7, 11) is 1.35. The summed E-state index contributed by atoms with van der Waals surface area (Å²) >= 11 is 0. The van der Waals surface area contributed by atoms with Gasteiger partial charge in [-0.3, -0.25) is 0 Å². The first-order chi connectivity index (χ1) is 13.6. The van der Waals surface area contributed by atoms with E-state index < -0.39 is 12.0 Å². The summed E-state index contributed by atoms with van der Waals surface area (Å²) < 4.78 is 4.97. The standard InChI is InChI=1S/C22H20N2O4.ClH/c1-28-22(27)17-12-7-13-24(17)20-18(21(25)26)15-10-5-6-11-16(15)23-19(20)14-8-3-2-4-9-14;/h2-6,8-11,17H,7,12-13H2,1H3,(H,25,26);1H/t17-;/m0./s1. The quantitative estimate of drug-likeness (QED) is 0.648. The van der Waals surface area contributed by atoms with Crippen molar-refractivity contribution in [2.75, 3.05) is 18.6 Å². The summed E-state index contributed by atoms with van der Waals surface area (Å²) in [6.07, 6.45) is 1.40. The van der Waals surface area contributed by atoms with E-state index in [1.807, 2.05) is 41.3 Å². The van der Waals surface area contributed by atoms with Crippen molar-refractivity contribution in [1.29, 1.82) is 0 Å². The van der Waals surface area contributed by atoms with Crippen LogP contribution in [0, 0.1) is 0 Å². The predicted octanol–water partition coefficient (Wildman–Crippen LogP) is 4.16. The van der Waals surface area contributed by atoms with Gasteiger partial charge >= 0.3 is 11.9 Å². The molecule has 6 nitrogen and oxygen atoms in total. The van der Waals surface area contributed by atoms with Gasteiger partial charge in [0.1, 0.15) is 6.04 Å². The number of esters is 1. The largest absolute Gasteiger partial charge is 0.478 e. The first-order valence-electron chi connectivity index (χ1n) is 9.17. The van der Waals surface area contributed by atoms with Crippen LogP contribution in [0.15, 0.2) is 54.6 Å². The molecule has 3 aromatic rings.